The molecule has 0 radical (unpaired) electrons. The third-order valence-corrected chi connectivity index (χ3v) is 6.73. The van der Waals surface area contributed by atoms with E-state index in [1.165, 1.54) is 18.5 Å². The zero-order chi connectivity index (χ0) is 21.7. The lowest BCUT2D eigenvalue weighted by molar-refractivity contribution is -0.384. The van der Waals surface area contributed by atoms with Gasteiger partial charge in [0.15, 0.2) is 11.7 Å². The average Bonchev–Trinajstić information content (AvgIpc) is 3.22. The molecule has 3 aromatic rings. The zero-order valence-electron chi connectivity index (χ0n) is 14.9. The third-order valence-electron chi connectivity index (χ3n) is 3.59. The van der Waals surface area contributed by atoms with Gasteiger partial charge < -0.3 is 4.74 Å². The molecule has 0 bridgehead atoms. The van der Waals surface area contributed by atoms with Crippen LogP contribution in [-0.4, -0.2) is 41.8 Å². The number of benzene rings is 1. The molecule has 0 aliphatic carbocycles. The van der Waals surface area contributed by atoms with E-state index in [-0.39, 0.29) is 25.5 Å². The number of sulfone groups is 1. The molecule has 1 amide bonds. The number of amides is 1. The summed E-state index contributed by atoms with van der Waals surface area (Å²) in [6, 6.07) is 7.40. The molecule has 0 atom stereocenters. The number of aromatic nitrogens is 2. The molecule has 30 heavy (non-hydrogen) atoms. The van der Waals surface area contributed by atoms with Crippen molar-refractivity contribution in [3.63, 3.8) is 0 Å². The van der Waals surface area contributed by atoms with Gasteiger partial charge in [-0.05, 0) is 24.3 Å². The van der Waals surface area contributed by atoms with Crippen molar-refractivity contribution in [1.82, 2.24) is 9.97 Å². The molecule has 1 N–H and O–H groups in total. The second-order valence-corrected chi connectivity index (χ2v) is 8.81. The van der Waals surface area contributed by atoms with Gasteiger partial charge in [-0.1, -0.05) is 11.3 Å². The fourth-order valence-electron chi connectivity index (χ4n) is 2.16. The zero-order valence-corrected chi connectivity index (χ0v) is 16.6. The smallest absolute Gasteiger partial charge is 0.340 e. The Morgan fingerprint density at radius 3 is 2.53 bits per heavy atom. The first kappa shape index (κ1) is 21.0. The van der Waals surface area contributed by atoms with E-state index in [9.17, 15) is 28.1 Å². The second-order valence-electron chi connectivity index (χ2n) is 5.60. The standard InChI is InChI=1S/C17H12N4O7S2/c22-14(10-28-16(23)11-2-1-7-18-8-11)20-17-19-9-15(29-17)30(26,27)13-5-3-12(4-6-13)21(24)25/h1-9H,10H2,(H,19,20,22). The lowest BCUT2D eigenvalue weighted by atomic mass is 10.3. The molecule has 13 heteroatoms. The summed E-state index contributed by atoms with van der Waals surface area (Å²) in [7, 11) is -3.97. The van der Waals surface area contributed by atoms with E-state index in [2.05, 4.69) is 15.3 Å². The molecule has 0 aliphatic heterocycles. The number of nitrogens with one attached hydrogen (secondary N) is 1. The van der Waals surface area contributed by atoms with Crippen molar-refractivity contribution < 1.29 is 27.7 Å². The van der Waals surface area contributed by atoms with Crippen molar-refractivity contribution in [1.29, 1.82) is 0 Å². The van der Waals surface area contributed by atoms with Crippen molar-refractivity contribution in [2.24, 2.45) is 0 Å². The Kier molecular flexibility index (Phi) is 6.13. The molecule has 3 rings (SSSR count). The Morgan fingerprint density at radius 2 is 1.90 bits per heavy atom. The molecule has 0 aliphatic rings. The van der Waals surface area contributed by atoms with E-state index in [0.29, 0.717) is 11.3 Å². The van der Waals surface area contributed by atoms with Gasteiger partial charge in [0.1, 0.15) is 4.21 Å². The largest absolute Gasteiger partial charge is 0.452 e. The van der Waals surface area contributed by atoms with Gasteiger partial charge in [-0.25, -0.2) is 18.2 Å². The maximum atomic E-state index is 12.6. The summed E-state index contributed by atoms with van der Waals surface area (Å²) >= 11 is 0.689. The Balaban J connectivity index is 1.63. The van der Waals surface area contributed by atoms with Gasteiger partial charge in [-0.2, -0.15) is 0 Å². The van der Waals surface area contributed by atoms with Crippen LogP contribution in [0.1, 0.15) is 10.4 Å². The Bertz CT molecular complexity index is 1190. The van der Waals surface area contributed by atoms with E-state index in [1.807, 2.05) is 0 Å². The Morgan fingerprint density at radius 1 is 1.17 bits per heavy atom. The highest BCUT2D eigenvalue weighted by Gasteiger charge is 2.22. The minimum absolute atomic E-state index is 0.0158. The predicted octanol–water partition coefficient (Wildman–Crippen LogP) is 2.07. The number of carbonyl (C=O) groups excluding carboxylic acids is 2. The highest BCUT2D eigenvalue weighted by molar-refractivity contribution is 7.93. The molecule has 2 aromatic heterocycles. The number of rotatable bonds is 7. The number of thiazole rings is 1. The number of hydrogen-bond acceptors (Lipinski definition) is 10. The number of pyridine rings is 1. The minimum atomic E-state index is -3.97. The Labute approximate surface area is 173 Å². The first-order valence-corrected chi connectivity index (χ1v) is 10.4. The highest BCUT2D eigenvalue weighted by atomic mass is 32.2. The van der Waals surface area contributed by atoms with Crippen molar-refractivity contribution >= 4 is 43.9 Å². The summed E-state index contributed by atoms with van der Waals surface area (Å²) in [6.07, 6.45) is 3.82. The summed E-state index contributed by atoms with van der Waals surface area (Å²) in [5, 5.41) is 13.0. The van der Waals surface area contributed by atoms with E-state index in [0.717, 1.165) is 30.5 Å². The van der Waals surface area contributed by atoms with Crippen LogP contribution in [0, 0.1) is 10.1 Å². The molecule has 0 saturated heterocycles. The molecular formula is C17H12N4O7S2. The fourth-order valence-corrected chi connectivity index (χ4v) is 4.61. The summed E-state index contributed by atoms with van der Waals surface area (Å²) in [6.45, 7) is -0.599. The van der Waals surface area contributed by atoms with E-state index < -0.39 is 33.2 Å². The highest BCUT2D eigenvalue weighted by Crippen LogP contribution is 2.29. The molecule has 0 unspecified atom stereocenters. The van der Waals surface area contributed by atoms with Crippen LogP contribution in [0.25, 0.3) is 0 Å². The van der Waals surface area contributed by atoms with Crippen LogP contribution in [0.15, 0.2) is 64.1 Å². The van der Waals surface area contributed by atoms with Gasteiger partial charge in [-0.3, -0.25) is 25.2 Å². The first-order valence-electron chi connectivity index (χ1n) is 8.10. The maximum absolute atomic E-state index is 12.6. The molecule has 11 nitrogen and oxygen atoms in total. The number of ether oxygens (including phenoxy) is 1. The molecule has 0 fully saturated rings. The van der Waals surface area contributed by atoms with Gasteiger partial charge in [-0.15, -0.1) is 0 Å². The van der Waals surface area contributed by atoms with Crippen LogP contribution in [0.3, 0.4) is 0 Å². The predicted molar refractivity (Wildman–Crippen MR) is 104 cm³/mol. The number of nitro groups is 1. The number of carbonyl (C=O) groups is 2. The minimum Gasteiger partial charge on any atom is -0.452 e. The van der Waals surface area contributed by atoms with Crippen LogP contribution >= 0.6 is 11.3 Å². The second kappa shape index (κ2) is 8.75. The molecule has 1 aromatic carbocycles. The van der Waals surface area contributed by atoms with Crippen molar-refractivity contribution in [3.8, 4) is 0 Å². The van der Waals surface area contributed by atoms with Gasteiger partial charge in [0.2, 0.25) is 9.84 Å². The lowest BCUT2D eigenvalue weighted by Gasteiger charge is -2.04. The number of nitrogens with zero attached hydrogens (tertiary/aromatic N) is 3. The van der Waals surface area contributed by atoms with Crippen LogP contribution in [-0.2, 0) is 19.4 Å². The number of hydrogen-bond donors (Lipinski definition) is 1. The number of nitro benzene ring substituents is 1. The van der Waals surface area contributed by atoms with Crippen LogP contribution in [0.4, 0.5) is 10.8 Å². The van der Waals surface area contributed by atoms with Gasteiger partial charge in [0.05, 0.1) is 21.6 Å². The molecule has 0 spiro atoms. The van der Waals surface area contributed by atoms with Crippen LogP contribution < -0.4 is 5.32 Å². The maximum Gasteiger partial charge on any atom is 0.340 e. The fraction of sp³-hybridized carbons (Fsp3) is 0.0588. The molecule has 154 valence electrons. The first-order chi connectivity index (χ1) is 14.3. The number of non-ortho nitro benzene ring substituents is 1. The van der Waals surface area contributed by atoms with E-state index >= 15 is 0 Å². The summed E-state index contributed by atoms with van der Waals surface area (Å²) in [4.78, 5) is 41.2. The molecule has 0 saturated carbocycles. The van der Waals surface area contributed by atoms with Crippen LogP contribution in [0.2, 0.25) is 0 Å². The van der Waals surface area contributed by atoms with Crippen molar-refractivity contribution in [2.45, 2.75) is 9.10 Å². The van der Waals surface area contributed by atoms with Crippen LogP contribution in [0.5, 0.6) is 0 Å². The number of esters is 1. The number of anilines is 1. The van der Waals surface area contributed by atoms with Gasteiger partial charge >= 0.3 is 5.97 Å². The van der Waals surface area contributed by atoms with Crippen molar-refractivity contribution in [2.75, 3.05) is 11.9 Å². The van der Waals surface area contributed by atoms with E-state index in [1.54, 1.807) is 6.07 Å². The summed E-state index contributed by atoms with van der Waals surface area (Å²) in [5.41, 5.74) is -0.0666. The SMILES string of the molecule is O=C(COC(=O)c1cccnc1)Nc1ncc(S(=O)(=O)c2ccc([N+](=O)[O-])cc2)s1. The van der Waals surface area contributed by atoms with Crippen molar-refractivity contribution in [3.05, 3.63) is 70.7 Å². The quantitative estimate of drug-likeness (QED) is 0.324. The normalized spacial score (nSPS) is 10.9. The third kappa shape index (κ3) is 4.82. The van der Waals surface area contributed by atoms with E-state index in [4.69, 9.17) is 4.74 Å². The van der Waals surface area contributed by atoms with Gasteiger partial charge in [0, 0.05) is 24.5 Å². The summed E-state index contributed by atoms with van der Waals surface area (Å²) in [5.74, 6) is -1.44. The summed E-state index contributed by atoms with van der Waals surface area (Å²) < 4.78 is 29.9. The lowest BCUT2D eigenvalue weighted by Crippen LogP contribution is -2.20. The molecule has 2 heterocycles. The monoisotopic (exact) mass is 448 g/mol. The average molecular weight is 448 g/mol. The Hall–Kier alpha value is -3.71. The van der Waals surface area contributed by atoms with Gasteiger partial charge in [0.25, 0.3) is 11.6 Å². The molecular weight excluding hydrogens is 436 g/mol. The topological polar surface area (TPSA) is 158 Å².